The van der Waals surface area contributed by atoms with Crippen molar-refractivity contribution in [3.05, 3.63) is 58.6 Å². The number of aromatic hydroxyl groups is 1. The van der Waals surface area contributed by atoms with E-state index in [9.17, 15) is 9.90 Å². The van der Waals surface area contributed by atoms with Crippen LogP contribution in [0, 0.1) is 0 Å². The van der Waals surface area contributed by atoms with E-state index in [1.54, 1.807) is 30.3 Å². The van der Waals surface area contributed by atoms with Crippen molar-refractivity contribution in [2.45, 2.75) is 6.61 Å². The number of carboxylic acids is 1. The Morgan fingerprint density at radius 2 is 2.00 bits per heavy atom. The maximum atomic E-state index is 10.9. The number of ether oxygens (including phenoxy) is 1. The summed E-state index contributed by atoms with van der Waals surface area (Å²) < 4.78 is 5.49. The molecule has 98 valence electrons. The zero-order valence-electron chi connectivity index (χ0n) is 9.84. The Balaban J connectivity index is 2.12. The zero-order chi connectivity index (χ0) is 13.8. The third-order valence-electron chi connectivity index (χ3n) is 2.49. The van der Waals surface area contributed by atoms with E-state index in [2.05, 4.69) is 0 Å². The van der Waals surface area contributed by atoms with Gasteiger partial charge >= 0.3 is 5.97 Å². The lowest BCUT2D eigenvalue weighted by Crippen LogP contribution is -2.01. The van der Waals surface area contributed by atoms with Crippen LogP contribution in [0.2, 0.25) is 5.02 Å². The molecule has 0 aliphatic carbocycles. The van der Waals surface area contributed by atoms with E-state index in [4.69, 9.17) is 21.4 Å². The van der Waals surface area contributed by atoms with Gasteiger partial charge in [0.1, 0.15) is 23.7 Å². The smallest absolute Gasteiger partial charge is 0.339 e. The number of hydrogen-bond acceptors (Lipinski definition) is 3. The number of phenols is 1. The fourth-order valence-electron chi connectivity index (χ4n) is 1.57. The van der Waals surface area contributed by atoms with Crippen LogP contribution in [-0.2, 0) is 6.61 Å². The van der Waals surface area contributed by atoms with Crippen molar-refractivity contribution in [2.24, 2.45) is 0 Å². The quantitative estimate of drug-likeness (QED) is 0.900. The van der Waals surface area contributed by atoms with Gasteiger partial charge in [0.15, 0.2) is 0 Å². The Bertz CT molecular complexity index is 610. The Morgan fingerprint density at radius 3 is 2.68 bits per heavy atom. The summed E-state index contributed by atoms with van der Waals surface area (Å²) in [5, 5.41) is 18.8. The van der Waals surface area contributed by atoms with Crippen molar-refractivity contribution in [3.63, 3.8) is 0 Å². The SMILES string of the molecule is O=C(O)c1cc(COc2cccc(Cl)c2)ccc1O. The largest absolute Gasteiger partial charge is 0.507 e. The Kier molecular flexibility index (Phi) is 3.92. The first kappa shape index (κ1) is 13.2. The molecule has 2 rings (SSSR count). The fraction of sp³-hybridized carbons (Fsp3) is 0.0714. The van der Waals surface area contributed by atoms with Gasteiger partial charge in [-0.2, -0.15) is 0 Å². The maximum Gasteiger partial charge on any atom is 0.339 e. The van der Waals surface area contributed by atoms with Crippen LogP contribution >= 0.6 is 11.6 Å². The lowest BCUT2D eigenvalue weighted by molar-refractivity contribution is 0.0693. The van der Waals surface area contributed by atoms with Crippen molar-refractivity contribution in [2.75, 3.05) is 0 Å². The summed E-state index contributed by atoms with van der Waals surface area (Å²) in [5.74, 6) is -0.849. The molecule has 2 aromatic carbocycles. The molecule has 0 atom stereocenters. The minimum absolute atomic E-state index is 0.146. The topological polar surface area (TPSA) is 66.8 Å². The van der Waals surface area contributed by atoms with E-state index in [1.807, 2.05) is 0 Å². The first-order chi connectivity index (χ1) is 9.06. The molecule has 19 heavy (non-hydrogen) atoms. The van der Waals surface area contributed by atoms with E-state index >= 15 is 0 Å². The first-order valence-corrected chi connectivity index (χ1v) is 5.87. The summed E-state index contributed by atoms with van der Waals surface area (Å²) in [5.41, 5.74) is 0.502. The molecule has 0 amide bonds. The van der Waals surface area contributed by atoms with Gasteiger partial charge in [0, 0.05) is 5.02 Å². The van der Waals surface area contributed by atoms with Gasteiger partial charge in [0.2, 0.25) is 0 Å². The van der Waals surface area contributed by atoms with E-state index in [1.165, 1.54) is 12.1 Å². The molecule has 0 fully saturated rings. The maximum absolute atomic E-state index is 10.9. The van der Waals surface area contributed by atoms with Crippen LogP contribution in [0.1, 0.15) is 15.9 Å². The molecule has 2 N–H and O–H groups in total. The zero-order valence-corrected chi connectivity index (χ0v) is 10.6. The van der Waals surface area contributed by atoms with E-state index in [0.29, 0.717) is 16.3 Å². The summed E-state index contributed by atoms with van der Waals surface area (Å²) in [6, 6.07) is 11.2. The Morgan fingerprint density at radius 1 is 1.21 bits per heavy atom. The van der Waals surface area contributed by atoms with Crippen LogP contribution in [0.25, 0.3) is 0 Å². The second-order valence-electron chi connectivity index (χ2n) is 3.90. The van der Waals surface area contributed by atoms with Crippen molar-refractivity contribution in [1.82, 2.24) is 0 Å². The molecule has 0 aromatic heterocycles. The Hall–Kier alpha value is -2.20. The van der Waals surface area contributed by atoms with Crippen molar-refractivity contribution >= 4 is 17.6 Å². The minimum atomic E-state index is -1.18. The second kappa shape index (κ2) is 5.63. The van der Waals surface area contributed by atoms with Crippen LogP contribution in [0.5, 0.6) is 11.5 Å². The number of rotatable bonds is 4. The summed E-state index contributed by atoms with van der Waals surface area (Å²) in [4.78, 5) is 10.9. The predicted molar refractivity (Wildman–Crippen MR) is 70.9 cm³/mol. The average Bonchev–Trinajstić information content (AvgIpc) is 2.37. The molecule has 4 nitrogen and oxygen atoms in total. The summed E-state index contributed by atoms with van der Waals surface area (Å²) in [6.45, 7) is 0.195. The fourth-order valence-corrected chi connectivity index (χ4v) is 1.75. The summed E-state index contributed by atoms with van der Waals surface area (Å²) >= 11 is 5.82. The number of hydrogen-bond donors (Lipinski definition) is 2. The summed E-state index contributed by atoms with van der Waals surface area (Å²) in [7, 11) is 0. The number of aromatic carboxylic acids is 1. The van der Waals surface area contributed by atoms with Gasteiger partial charge in [0.05, 0.1) is 0 Å². The van der Waals surface area contributed by atoms with Crippen LogP contribution < -0.4 is 4.74 Å². The third-order valence-corrected chi connectivity index (χ3v) is 2.73. The molecule has 2 aromatic rings. The van der Waals surface area contributed by atoms with Gasteiger partial charge in [-0.3, -0.25) is 0 Å². The van der Waals surface area contributed by atoms with Gasteiger partial charge in [-0.15, -0.1) is 0 Å². The second-order valence-corrected chi connectivity index (χ2v) is 4.34. The third kappa shape index (κ3) is 3.39. The van der Waals surface area contributed by atoms with Crippen LogP contribution in [0.4, 0.5) is 0 Å². The van der Waals surface area contributed by atoms with Crippen LogP contribution in [0.15, 0.2) is 42.5 Å². The van der Waals surface area contributed by atoms with Crippen LogP contribution in [0.3, 0.4) is 0 Å². The highest BCUT2D eigenvalue weighted by Crippen LogP contribution is 2.21. The lowest BCUT2D eigenvalue weighted by atomic mass is 10.1. The van der Waals surface area contributed by atoms with Crippen molar-refractivity contribution < 1.29 is 19.7 Å². The number of benzene rings is 2. The van der Waals surface area contributed by atoms with Crippen LogP contribution in [-0.4, -0.2) is 16.2 Å². The number of halogens is 1. The van der Waals surface area contributed by atoms with Gasteiger partial charge in [-0.05, 0) is 35.9 Å². The monoisotopic (exact) mass is 278 g/mol. The molecule has 5 heteroatoms. The molecule has 0 aliphatic rings. The number of carbonyl (C=O) groups is 1. The molecular formula is C14H11ClO4. The average molecular weight is 279 g/mol. The van der Waals surface area contributed by atoms with E-state index in [0.717, 1.165) is 0 Å². The molecular weight excluding hydrogens is 268 g/mol. The molecule has 0 bridgehead atoms. The van der Waals surface area contributed by atoms with Gasteiger partial charge in [-0.25, -0.2) is 4.79 Å². The minimum Gasteiger partial charge on any atom is -0.507 e. The van der Waals surface area contributed by atoms with Crippen molar-refractivity contribution in [1.29, 1.82) is 0 Å². The molecule has 0 radical (unpaired) electrons. The standard InChI is InChI=1S/C14H11ClO4/c15-10-2-1-3-11(7-10)19-8-9-4-5-13(16)12(6-9)14(17)18/h1-7,16H,8H2,(H,17,18). The van der Waals surface area contributed by atoms with E-state index < -0.39 is 5.97 Å². The lowest BCUT2D eigenvalue weighted by Gasteiger charge is -2.08. The molecule has 0 saturated carbocycles. The normalized spacial score (nSPS) is 10.2. The molecule has 0 heterocycles. The first-order valence-electron chi connectivity index (χ1n) is 5.50. The van der Waals surface area contributed by atoms with Gasteiger partial charge < -0.3 is 14.9 Å². The molecule has 0 saturated heterocycles. The predicted octanol–water partition coefficient (Wildman–Crippen LogP) is 3.32. The highest BCUT2D eigenvalue weighted by atomic mass is 35.5. The molecule has 0 unspecified atom stereocenters. The number of carboxylic acid groups (broad SMARTS) is 1. The molecule has 0 aliphatic heterocycles. The van der Waals surface area contributed by atoms with Crippen molar-refractivity contribution in [3.8, 4) is 11.5 Å². The highest BCUT2D eigenvalue weighted by molar-refractivity contribution is 6.30. The molecule has 0 spiro atoms. The van der Waals surface area contributed by atoms with Gasteiger partial charge in [0.25, 0.3) is 0 Å². The van der Waals surface area contributed by atoms with Gasteiger partial charge in [-0.1, -0.05) is 23.7 Å². The summed E-state index contributed by atoms with van der Waals surface area (Å²) in [6.07, 6.45) is 0. The van der Waals surface area contributed by atoms with E-state index in [-0.39, 0.29) is 17.9 Å². The highest BCUT2D eigenvalue weighted by Gasteiger charge is 2.10. The Labute approximate surface area is 114 Å².